The summed E-state index contributed by atoms with van der Waals surface area (Å²) < 4.78 is 28.6. The van der Waals surface area contributed by atoms with Gasteiger partial charge in [0, 0.05) is 12.4 Å². The van der Waals surface area contributed by atoms with E-state index in [4.69, 9.17) is 11.6 Å². The Labute approximate surface area is 102 Å². The molecule has 17 heavy (non-hydrogen) atoms. The average Bonchev–Trinajstić information content (AvgIpc) is 2.32. The molecule has 0 atom stereocenters. The van der Waals surface area contributed by atoms with Crippen molar-refractivity contribution < 1.29 is 13.5 Å². The maximum atomic E-state index is 12.1. The van der Waals surface area contributed by atoms with E-state index in [2.05, 4.69) is 9.72 Å². The lowest BCUT2D eigenvalue weighted by molar-refractivity contribution is -0.0497. The standard InChI is InChI=1S/C12H8ClF2NO/c13-10-2-1-9(7-11(10)17-12(14)15)8-3-5-16-6-4-8/h1-7,12H. The maximum absolute atomic E-state index is 12.1. The van der Waals surface area contributed by atoms with E-state index >= 15 is 0 Å². The van der Waals surface area contributed by atoms with Crippen molar-refractivity contribution in [3.8, 4) is 16.9 Å². The van der Waals surface area contributed by atoms with Crippen LogP contribution in [0.25, 0.3) is 11.1 Å². The lowest BCUT2D eigenvalue weighted by Crippen LogP contribution is -2.02. The van der Waals surface area contributed by atoms with Gasteiger partial charge >= 0.3 is 6.61 Å². The molecule has 0 unspecified atom stereocenters. The van der Waals surface area contributed by atoms with Crippen LogP contribution in [0.3, 0.4) is 0 Å². The maximum Gasteiger partial charge on any atom is 0.387 e. The van der Waals surface area contributed by atoms with E-state index in [1.165, 1.54) is 12.1 Å². The third kappa shape index (κ3) is 2.91. The smallest absolute Gasteiger partial charge is 0.387 e. The molecule has 0 amide bonds. The van der Waals surface area contributed by atoms with Gasteiger partial charge in [-0.25, -0.2) is 0 Å². The van der Waals surface area contributed by atoms with Crippen LogP contribution < -0.4 is 4.74 Å². The van der Waals surface area contributed by atoms with Gasteiger partial charge in [-0.15, -0.1) is 0 Å². The highest BCUT2D eigenvalue weighted by Gasteiger charge is 2.09. The number of aromatic nitrogens is 1. The van der Waals surface area contributed by atoms with Crippen molar-refractivity contribution in [3.05, 3.63) is 47.7 Å². The van der Waals surface area contributed by atoms with E-state index in [9.17, 15) is 8.78 Å². The van der Waals surface area contributed by atoms with E-state index in [1.807, 2.05) is 0 Å². The molecule has 0 saturated heterocycles. The Morgan fingerprint density at radius 2 is 1.76 bits per heavy atom. The number of hydrogen-bond donors (Lipinski definition) is 0. The predicted molar refractivity (Wildman–Crippen MR) is 61.3 cm³/mol. The van der Waals surface area contributed by atoms with Crippen LogP contribution in [0.5, 0.6) is 5.75 Å². The van der Waals surface area contributed by atoms with Crippen molar-refractivity contribution in [2.24, 2.45) is 0 Å². The Bertz CT molecular complexity index is 505. The van der Waals surface area contributed by atoms with Crippen molar-refractivity contribution in [3.63, 3.8) is 0 Å². The van der Waals surface area contributed by atoms with E-state index in [0.29, 0.717) is 0 Å². The summed E-state index contributed by atoms with van der Waals surface area (Å²) in [6.45, 7) is -2.89. The lowest BCUT2D eigenvalue weighted by Gasteiger charge is -2.08. The Morgan fingerprint density at radius 1 is 1.06 bits per heavy atom. The molecule has 0 bridgehead atoms. The summed E-state index contributed by atoms with van der Waals surface area (Å²) >= 11 is 5.76. The third-order valence-corrected chi connectivity index (χ3v) is 2.47. The molecule has 0 radical (unpaired) electrons. The second kappa shape index (κ2) is 5.10. The molecule has 1 aromatic carbocycles. The van der Waals surface area contributed by atoms with Gasteiger partial charge in [-0.1, -0.05) is 17.7 Å². The Kier molecular flexibility index (Phi) is 3.54. The number of benzene rings is 1. The van der Waals surface area contributed by atoms with Crippen LogP contribution in [0.4, 0.5) is 8.78 Å². The molecule has 0 spiro atoms. The van der Waals surface area contributed by atoms with Crippen molar-refractivity contribution in [1.82, 2.24) is 4.98 Å². The number of pyridine rings is 1. The molecule has 1 aromatic heterocycles. The van der Waals surface area contributed by atoms with Gasteiger partial charge in [0.2, 0.25) is 0 Å². The molecule has 0 aliphatic carbocycles. The third-order valence-electron chi connectivity index (χ3n) is 2.16. The van der Waals surface area contributed by atoms with Gasteiger partial charge in [-0.05, 0) is 35.4 Å². The normalized spacial score (nSPS) is 10.6. The molecule has 0 N–H and O–H groups in total. The van der Waals surface area contributed by atoms with Crippen LogP contribution in [-0.4, -0.2) is 11.6 Å². The van der Waals surface area contributed by atoms with Crippen molar-refractivity contribution in [1.29, 1.82) is 0 Å². The summed E-state index contributed by atoms with van der Waals surface area (Å²) in [6.07, 6.45) is 3.25. The molecule has 2 aromatic rings. The first-order valence-electron chi connectivity index (χ1n) is 4.81. The molecule has 0 aliphatic rings. The molecule has 0 saturated carbocycles. The van der Waals surface area contributed by atoms with E-state index in [-0.39, 0.29) is 10.8 Å². The summed E-state index contributed by atoms with van der Waals surface area (Å²) in [6, 6.07) is 8.28. The first-order valence-corrected chi connectivity index (χ1v) is 5.19. The van der Waals surface area contributed by atoms with Gasteiger partial charge < -0.3 is 4.74 Å². The number of hydrogen-bond acceptors (Lipinski definition) is 2. The van der Waals surface area contributed by atoms with Gasteiger partial charge in [0.1, 0.15) is 5.75 Å². The fraction of sp³-hybridized carbons (Fsp3) is 0.0833. The highest BCUT2D eigenvalue weighted by molar-refractivity contribution is 6.32. The molecule has 0 fully saturated rings. The molecular weight excluding hydrogens is 248 g/mol. The molecule has 88 valence electrons. The molecule has 1 heterocycles. The van der Waals surface area contributed by atoms with Gasteiger partial charge in [0.15, 0.2) is 0 Å². The van der Waals surface area contributed by atoms with E-state index in [0.717, 1.165) is 11.1 Å². The monoisotopic (exact) mass is 255 g/mol. The number of ether oxygens (including phenoxy) is 1. The topological polar surface area (TPSA) is 22.1 Å². The van der Waals surface area contributed by atoms with Crippen LogP contribution in [0.1, 0.15) is 0 Å². The second-order valence-corrected chi connectivity index (χ2v) is 3.67. The van der Waals surface area contributed by atoms with E-state index in [1.54, 1.807) is 30.6 Å². The van der Waals surface area contributed by atoms with Crippen LogP contribution in [-0.2, 0) is 0 Å². The SMILES string of the molecule is FC(F)Oc1cc(-c2ccncc2)ccc1Cl. The minimum absolute atomic E-state index is 0.0315. The highest BCUT2D eigenvalue weighted by atomic mass is 35.5. The zero-order chi connectivity index (χ0) is 12.3. The Hall–Kier alpha value is -1.68. The fourth-order valence-electron chi connectivity index (χ4n) is 1.41. The summed E-state index contributed by atoms with van der Waals surface area (Å²) in [5, 5.41) is 0.156. The Balaban J connectivity index is 2.37. The minimum atomic E-state index is -2.89. The molecule has 2 nitrogen and oxygen atoms in total. The number of nitrogens with zero attached hydrogens (tertiary/aromatic N) is 1. The number of halogens is 3. The highest BCUT2D eigenvalue weighted by Crippen LogP contribution is 2.31. The fourth-order valence-corrected chi connectivity index (χ4v) is 1.58. The summed E-state index contributed by atoms with van der Waals surface area (Å²) in [4.78, 5) is 3.88. The zero-order valence-corrected chi connectivity index (χ0v) is 9.36. The zero-order valence-electron chi connectivity index (χ0n) is 8.61. The molecule has 5 heteroatoms. The van der Waals surface area contributed by atoms with E-state index < -0.39 is 6.61 Å². The van der Waals surface area contributed by atoms with Gasteiger partial charge in [0.05, 0.1) is 5.02 Å². The van der Waals surface area contributed by atoms with Gasteiger partial charge in [-0.3, -0.25) is 4.98 Å². The first kappa shape index (κ1) is 11.8. The predicted octanol–water partition coefficient (Wildman–Crippen LogP) is 4.00. The summed E-state index contributed by atoms with van der Waals surface area (Å²) in [5.41, 5.74) is 1.60. The average molecular weight is 256 g/mol. The van der Waals surface area contributed by atoms with Crippen LogP contribution in [0.2, 0.25) is 5.02 Å². The lowest BCUT2D eigenvalue weighted by atomic mass is 10.1. The summed E-state index contributed by atoms with van der Waals surface area (Å²) in [7, 11) is 0. The minimum Gasteiger partial charge on any atom is -0.433 e. The van der Waals surface area contributed by atoms with Crippen molar-refractivity contribution in [2.45, 2.75) is 6.61 Å². The molecule has 2 rings (SSSR count). The number of alkyl halides is 2. The van der Waals surface area contributed by atoms with Crippen LogP contribution >= 0.6 is 11.6 Å². The van der Waals surface area contributed by atoms with Gasteiger partial charge in [0.25, 0.3) is 0 Å². The quantitative estimate of drug-likeness (QED) is 0.827. The van der Waals surface area contributed by atoms with Crippen molar-refractivity contribution in [2.75, 3.05) is 0 Å². The first-order chi connectivity index (χ1) is 8.16. The number of rotatable bonds is 3. The second-order valence-electron chi connectivity index (χ2n) is 3.26. The Morgan fingerprint density at radius 3 is 2.41 bits per heavy atom. The largest absolute Gasteiger partial charge is 0.433 e. The van der Waals surface area contributed by atoms with Crippen LogP contribution in [0, 0.1) is 0 Å². The van der Waals surface area contributed by atoms with Crippen molar-refractivity contribution >= 4 is 11.6 Å². The van der Waals surface area contributed by atoms with Gasteiger partial charge in [-0.2, -0.15) is 8.78 Å². The summed E-state index contributed by atoms with van der Waals surface area (Å²) in [5.74, 6) is -0.0315. The molecular formula is C12H8ClF2NO. The van der Waals surface area contributed by atoms with Crippen LogP contribution in [0.15, 0.2) is 42.7 Å². The molecule has 0 aliphatic heterocycles.